The van der Waals surface area contributed by atoms with Crippen LogP contribution in [0.25, 0.3) is 17.0 Å². The first-order chi connectivity index (χ1) is 11.8. The van der Waals surface area contributed by atoms with Gasteiger partial charge in [-0.15, -0.1) is 0 Å². The van der Waals surface area contributed by atoms with E-state index in [4.69, 9.17) is 12.7 Å². The minimum Gasteiger partial charge on any atom is -0.367 e. The van der Waals surface area contributed by atoms with E-state index < -0.39 is 0 Å². The van der Waals surface area contributed by atoms with Crippen LogP contribution in [0.5, 0.6) is 0 Å². The monoisotopic (exact) mass is 314 g/mol. The molecule has 0 saturated carbocycles. The van der Waals surface area contributed by atoms with Crippen molar-refractivity contribution in [2.45, 2.75) is 18.9 Å². The van der Waals surface area contributed by atoms with Gasteiger partial charge >= 0.3 is 0 Å². The number of piperidine rings is 1. The highest BCUT2D eigenvalue weighted by Crippen LogP contribution is 2.21. The lowest BCUT2D eigenvalue weighted by molar-refractivity contribution is 0.478. The molecule has 4 rings (SSSR count). The summed E-state index contributed by atoms with van der Waals surface area (Å²) < 4.78 is 2.02. The summed E-state index contributed by atoms with van der Waals surface area (Å²) in [5.41, 5.74) is 3.69. The summed E-state index contributed by atoms with van der Waals surface area (Å²) in [6, 6.07) is 10.5. The highest BCUT2D eigenvalue weighted by atomic mass is 15.1. The topological polar surface area (TPSA) is 54.2 Å². The highest BCUT2D eigenvalue weighted by molar-refractivity contribution is 6.97. The SMILES string of the molecule is [B][B]c1ccc2ncc(-c3cccc(NC4CCNCC4)n3)n2c1. The van der Waals surface area contributed by atoms with Gasteiger partial charge in [0, 0.05) is 20.0 Å². The third-order valence-corrected chi connectivity index (χ3v) is 4.42. The number of aromatic nitrogens is 3. The first-order valence-corrected chi connectivity index (χ1v) is 8.30. The van der Waals surface area contributed by atoms with Crippen LogP contribution in [0.3, 0.4) is 0 Å². The van der Waals surface area contributed by atoms with E-state index in [-0.39, 0.29) is 0 Å². The molecule has 0 bridgehead atoms. The lowest BCUT2D eigenvalue weighted by Gasteiger charge is -2.24. The van der Waals surface area contributed by atoms with Crippen LogP contribution in [0, 0.1) is 0 Å². The summed E-state index contributed by atoms with van der Waals surface area (Å²) in [7, 11) is 7.23. The molecule has 117 valence electrons. The molecule has 5 nitrogen and oxygen atoms in total. The number of hydrogen-bond donors (Lipinski definition) is 2. The van der Waals surface area contributed by atoms with Crippen molar-refractivity contribution in [3.8, 4) is 11.4 Å². The molecule has 2 N–H and O–H groups in total. The molecule has 1 aliphatic heterocycles. The van der Waals surface area contributed by atoms with Crippen molar-refractivity contribution in [2.75, 3.05) is 18.4 Å². The second-order valence-electron chi connectivity index (χ2n) is 6.08. The Morgan fingerprint density at radius 1 is 1.21 bits per heavy atom. The van der Waals surface area contributed by atoms with Crippen LogP contribution in [-0.2, 0) is 0 Å². The predicted octanol–water partition coefficient (Wildman–Crippen LogP) is 0.973. The molecule has 0 aromatic carbocycles. The van der Waals surface area contributed by atoms with Crippen LogP contribution in [0.15, 0.2) is 42.7 Å². The van der Waals surface area contributed by atoms with Gasteiger partial charge < -0.3 is 10.6 Å². The Labute approximate surface area is 143 Å². The van der Waals surface area contributed by atoms with Gasteiger partial charge in [0.15, 0.2) is 0 Å². The standard InChI is InChI=1S/C17H18B2N5/c18-19-12-4-5-17-21-10-15(24(17)11-12)14-2-1-3-16(23-14)22-13-6-8-20-9-7-13/h1-5,10-11,13,20H,6-9H2,(H,22,23). The lowest BCUT2D eigenvalue weighted by atomic mass is 9.52. The second kappa shape index (κ2) is 6.69. The number of imidazole rings is 1. The predicted molar refractivity (Wildman–Crippen MR) is 99.1 cm³/mol. The van der Waals surface area contributed by atoms with E-state index in [1.165, 1.54) is 0 Å². The molecule has 3 aromatic heterocycles. The van der Waals surface area contributed by atoms with Crippen LogP contribution in [0.2, 0.25) is 0 Å². The Kier molecular flexibility index (Phi) is 4.26. The van der Waals surface area contributed by atoms with E-state index in [2.05, 4.69) is 15.6 Å². The summed E-state index contributed by atoms with van der Waals surface area (Å²) in [5.74, 6) is 0.913. The van der Waals surface area contributed by atoms with E-state index in [1.54, 1.807) is 7.17 Å². The molecule has 1 saturated heterocycles. The van der Waals surface area contributed by atoms with Crippen molar-refractivity contribution in [1.82, 2.24) is 19.7 Å². The average Bonchev–Trinajstić information content (AvgIpc) is 3.06. The Bertz CT molecular complexity index is 842. The number of pyridine rings is 2. The minimum absolute atomic E-state index is 0.481. The van der Waals surface area contributed by atoms with Gasteiger partial charge in [-0.3, -0.25) is 4.40 Å². The average molecular weight is 314 g/mol. The molecule has 3 aromatic rings. The van der Waals surface area contributed by atoms with E-state index >= 15 is 0 Å². The summed E-state index contributed by atoms with van der Waals surface area (Å²) in [4.78, 5) is 9.24. The zero-order chi connectivity index (χ0) is 16.4. The zero-order valence-corrected chi connectivity index (χ0v) is 13.4. The Balaban J connectivity index is 1.65. The number of nitrogens with zero attached hydrogens (tertiary/aromatic N) is 3. The van der Waals surface area contributed by atoms with Crippen molar-refractivity contribution in [3.05, 3.63) is 42.7 Å². The molecule has 3 radical (unpaired) electrons. The summed E-state index contributed by atoms with van der Waals surface area (Å²) >= 11 is 0. The molecule has 4 heterocycles. The van der Waals surface area contributed by atoms with Gasteiger partial charge in [0.25, 0.3) is 0 Å². The van der Waals surface area contributed by atoms with Crippen molar-refractivity contribution < 1.29 is 0 Å². The second-order valence-corrected chi connectivity index (χ2v) is 6.08. The van der Waals surface area contributed by atoms with E-state index in [9.17, 15) is 0 Å². The van der Waals surface area contributed by atoms with Crippen LogP contribution in [0.4, 0.5) is 5.82 Å². The highest BCUT2D eigenvalue weighted by Gasteiger charge is 2.14. The molecule has 0 spiro atoms. The van der Waals surface area contributed by atoms with E-state index in [0.717, 1.165) is 54.2 Å². The van der Waals surface area contributed by atoms with Crippen molar-refractivity contribution >= 4 is 31.8 Å². The lowest BCUT2D eigenvalue weighted by Crippen LogP contribution is -2.35. The van der Waals surface area contributed by atoms with Gasteiger partial charge in [0.05, 0.1) is 24.8 Å². The quantitative estimate of drug-likeness (QED) is 0.705. The van der Waals surface area contributed by atoms with Crippen LogP contribution >= 0.6 is 0 Å². The third-order valence-electron chi connectivity index (χ3n) is 4.42. The van der Waals surface area contributed by atoms with Crippen LogP contribution in [-0.4, -0.2) is 48.4 Å². The van der Waals surface area contributed by atoms with Gasteiger partial charge in [-0.1, -0.05) is 17.6 Å². The van der Waals surface area contributed by atoms with Gasteiger partial charge in [0.1, 0.15) is 11.5 Å². The van der Waals surface area contributed by atoms with Gasteiger partial charge in [-0.05, 0) is 44.1 Å². The minimum atomic E-state index is 0.481. The molecule has 1 aliphatic rings. The number of nitrogens with one attached hydrogen (secondary N) is 2. The Morgan fingerprint density at radius 2 is 2.08 bits per heavy atom. The number of rotatable bonds is 4. The summed E-state index contributed by atoms with van der Waals surface area (Å²) in [5, 5.41) is 6.93. The molecular formula is C17H18B2N5. The third kappa shape index (κ3) is 3.04. The van der Waals surface area contributed by atoms with E-state index in [0.29, 0.717) is 6.04 Å². The number of anilines is 1. The maximum Gasteiger partial charge on any atom is 0.137 e. The first-order valence-electron chi connectivity index (χ1n) is 8.30. The van der Waals surface area contributed by atoms with Crippen LogP contribution < -0.4 is 16.1 Å². The van der Waals surface area contributed by atoms with Gasteiger partial charge in [0.2, 0.25) is 0 Å². The Hall–Kier alpha value is -2.27. The largest absolute Gasteiger partial charge is 0.367 e. The Morgan fingerprint density at radius 3 is 2.92 bits per heavy atom. The molecule has 0 aliphatic carbocycles. The fourth-order valence-corrected chi connectivity index (χ4v) is 3.12. The van der Waals surface area contributed by atoms with Gasteiger partial charge in [-0.2, -0.15) is 0 Å². The normalized spacial score (nSPS) is 15.5. The molecule has 7 heteroatoms. The molecule has 0 unspecified atom stereocenters. The fourth-order valence-electron chi connectivity index (χ4n) is 3.12. The van der Waals surface area contributed by atoms with Crippen molar-refractivity contribution in [2.24, 2.45) is 0 Å². The number of hydrogen-bond acceptors (Lipinski definition) is 4. The molecule has 0 atom stereocenters. The first kappa shape index (κ1) is 15.3. The molecule has 24 heavy (non-hydrogen) atoms. The maximum atomic E-state index is 5.64. The smallest absolute Gasteiger partial charge is 0.137 e. The van der Waals surface area contributed by atoms with E-state index in [1.807, 2.05) is 47.1 Å². The molecule has 0 amide bonds. The summed E-state index contributed by atoms with van der Waals surface area (Å²) in [6.45, 7) is 2.12. The van der Waals surface area contributed by atoms with Crippen molar-refractivity contribution in [3.63, 3.8) is 0 Å². The molecule has 1 fully saturated rings. The van der Waals surface area contributed by atoms with Crippen molar-refractivity contribution in [1.29, 1.82) is 0 Å². The summed E-state index contributed by atoms with van der Waals surface area (Å²) in [6.07, 6.45) is 6.08. The maximum absolute atomic E-state index is 5.64. The molecular weight excluding hydrogens is 296 g/mol. The number of fused-ring (bicyclic) bond motifs is 1. The van der Waals surface area contributed by atoms with Gasteiger partial charge in [-0.25, -0.2) is 9.97 Å². The fraction of sp³-hybridized carbons (Fsp3) is 0.294. The zero-order valence-electron chi connectivity index (χ0n) is 13.4. The van der Waals surface area contributed by atoms with Crippen LogP contribution in [0.1, 0.15) is 12.8 Å².